The number of fused-ring (bicyclic) bond motifs is 1. The monoisotopic (exact) mass is 301 g/mol. The van der Waals surface area contributed by atoms with E-state index < -0.39 is 0 Å². The molecule has 0 heterocycles. The predicted octanol–water partition coefficient (Wildman–Crippen LogP) is 3.82. The third-order valence-corrected chi connectivity index (χ3v) is 4.21. The molecule has 1 aliphatic rings. The molecular formula is C18H20FNO2. The quantitative estimate of drug-likeness (QED) is 0.902. The average Bonchev–Trinajstić information content (AvgIpc) is 2.55. The van der Waals surface area contributed by atoms with Gasteiger partial charge < -0.3 is 15.2 Å². The first-order chi connectivity index (χ1) is 10.7. The zero-order chi connectivity index (χ0) is 15.5. The highest BCUT2D eigenvalue weighted by molar-refractivity contribution is 5.53. The summed E-state index contributed by atoms with van der Waals surface area (Å²) in [5.74, 6) is 0.473. The maximum atomic E-state index is 13.5. The first-order valence-electron chi connectivity index (χ1n) is 7.54. The van der Waals surface area contributed by atoms with Crippen LogP contribution >= 0.6 is 0 Å². The fraction of sp³-hybridized carbons (Fsp3) is 0.333. The van der Waals surface area contributed by atoms with Crippen LogP contribution in [-0.2, 0) is 13.0 Å². The van der Waals surface area contributed by atoms with Gasteiger partial charge in [0.25, 0.3) is 0 Å². The molecular weight excluding hydrogens is 281 g/mol. The second kappa shape index (κ2) is 6.36. The molecule has 1 aliphatic carbocycles. The lowest BCUT2D eigenvalue weighted by atomic mass is 9.87. The van der Waals surface area contributed by atoms with Crippen molar-refractivity contribution in [3.05, 3.63) is 58.9 Å². The van der Waals surface area contributed by atoms with Crippen LogP contribution in [0.15, 0.2) is 36.4 Å². The lowest BCUT2D eigenvalue weighted by Gasteiger charge is -2.27. The molecule has 0 aliphatic heterocycles. The summed E-state index contributed by atoms with van der Waals surface area (Å²) in [6.45, 7) is -0.0748. The van der Waals surface area contributed by atoms with Crippen molar-refractivity contribution >= 4 is 5.69 Å². The molecule has 2 aromatic carbocycles. The topological polar surface area (TPSA) is 41.5 Å². The lowest BCUT2D eigenvalue weighted by molar-refractivity contribution is 0.274. The third kappa shape index (κ3) is 2.92. The highest BCUT2D eigenvalue weighted by Gasteiger charge is 2.20. The minimum atomic E-state index is -0.196. The molecule has 0 spiro atoms. The Hall–Kier alpha value is -2.07. The number of anilines is 1. The van der Waals surface area contributed by atoms with Crippen molar-refractivity contribution in [1.82, 2.24) is 0 Å². The number of rotatable bonds is 4. The van der Waals surface area contributed by atoms with E-state index in [0.717, 1.165) is 36.1 Å². The molecule has 0 radical (unpaired) electrons. The third-order valence-electron chi connectivity index (χ3n) is 4.21. The van der Waals surface area contributed by atoms with Crippen molar-refractivity contribution in [2.75, 3.05) is 12.4 Å². The van der Waals surface area contributed by atoms with E-state index in [1.54, 1.807) is 13.2 Å². The van der Waals surface area contributed by atoms with Gasteiger partial charge >= 0.3 is 0 Å². The molecule has 0 saturated heterocycles. The maximum Gasteiger partial charge on any atom is 0.124 e. The molecule has 2 N–H and O–H groups in total. The molecule has 0 amide bonds. The van der Waals surface area contributed by atoms with E-state index in [2.05, 4.69) is 5.32 Å². The minimum Gasteiger partial charge on any atom is -0.496 e. The van der Waals surface area contributed by atoms with Gasteiger partial charge in [0, 0.05) is 11.3 Å². The molecule has 116 valence electrons. The largest absolute Gasteiger partial charge is 0.496 e. The van der Waals surface area contributed by atoms with Gasteiger partial charge in [0.2, 0.25) is 0 Å². The molecule has 22 heavy (non-hydrogen) atoms. The average molecular weight is 301 g/mol. The van der Waals surface area contributed by atoms with Crippen LogP contribution in [0.3, 0.4) is 0 Å². The summed E-state index contributed by atoms with van der Waals surface area (Å²) < 4.78 is 18.8. The van der Waals surface area contributed by atoms with Gasteiger partial charge in [-0.3, -0.25) is 0 Å². The first kappa shape index (κ1) is 14.9. The Labute approximate surface area is 129 Å². The van der Waals surface area contributed by atoms with Crippen LogP contribution in [0.5, 0.6) is 5.75 Å². The van der Waals surface area contributed by atoms with E-state index in [0.29, 0.717) is 5.75 Å². The first-order valence-corrected chi connectivity index (χ1v) is 7.54. The van der Waals surface area contributed by atoms with E-state index in [1.165, 1.54) is 11.6 Å². The Bertz CT molecular complexity index is 672. The van der Waals surface area contributed by atoms with Crippen molar-refractivity contribution in [2.45, 2.75) is 31.9 Å². The standard InChI is InChI=1S/C18H20FNO2/c1-22-18-8-7-15(9-13(18)11-21)20-17-4-2-3-12-5-6-14(19)10-16(12)17/h5-10,17,20-21H,2-4,11H2,1H3. The van der Waals surface area contributed by atoms with Gasteiger partial charge in [0.05, 0.1) is 19.8 Å². The van der Waals surface area contributed by atoms with E-state index in [-0.39, 0.29) is 18.5 Å². The molecule has 3 nitrogen and oxygen atoms in total. The number of benzene rings is 2. The van der Waals surface area contributed by atoms with Gasteiger partial charge in [-0.2, -0.15) is 0 Å². The molecule has 1 atom stereocenters. The normalized spacial score (nSPS) is 17.0. The number of hydrogen-bond donors (Lipinski definition) is 2. The predicted molar refractivity (Wildman–Crippen MR) is 84.6 cm³/mol. The summed E-state index contributed by atoms with van der Waals surface area (Å²) in [5.41, 5.74) is 3.89. The molecule has 2 aromatic rings. The Morgan fingerprint density at radius 3 is 2.91 bits per heavy atom. The number of aliphatic hydroxyl groups excluding tert-OH is 1. The molecule has 4 heteroatoms. The SMILES string of the molecule is COc1ccc(NC2CCCc3ccc(F)cc32)cc1CO. The highest BCUT2D eigenvalue weighted by atomic mass is 19.1. The van der Waals surface area contributed by atoms with Gasteiger partial charge in [-0.15, -0.1) is 0 Å². The molecule has 0 aromatic heterocycles. The van der Waals surface area contributed by atoms with Gasteiger partial charge in [-0.25, -0.2) is 4.39 Å². The Kier molecular flexibility index (Phi) is 4.29. The number of halogens is 1. The van der Waals surface area contributed by atoms with Crippen LogP contribution in [0, 0.1) is 5.82 Å². The molecule has 0 fully saturated rings. The molecule has 0 saturated carbocycles. The second-order valence-electron chi connectivity index (χ2n) is 5.62. The van der Waals surface area contributed by atoms with Crippen LogP contribution in [0.1, 0.15) is 35.6 Å². The Morgan fingerprint density at radius 1 is 1.27 bits per heavy atom. The van der Waals surface area contributed by atoms with E-state index in [9.17, 15) is 9.50 Å². The zero-order valence-electron chi connectivity index (χ0n) is 12.6. The summed E-state index contributed by atoms with van der Waals surface area (Å²) in [4.78, 5) is 0. The van der Waals surface area contributed by atoms with Crippen molar-refractivity contribution in [3.8, 4) is 5.75 Å². The van der Waals surface area contributed by atoms with Gasteiger partial charge in [-0.05, 0) is 60.7 Å². The fourth-order valence-corrected chi connectivity index (χ4v) is 3.11. The van der Waals surface area contributed by atoms with E-state index in [1.807, 2.05) is 24.3 Å². The van der Waals surface area contributed by atoms with Crippen molar-refractivity contribution in [3.63, 3.8) is 0 Å². The number of methoxy groups -OCH3 is 1. The molecule has 3 rings (SSSR count). The summed E-state index contributed by atoms with van der Waals surface area (Å²) in [5, 5.41) is 12.9. The zero-order valence-corrected chi connectivity index (χ0v) is 12.6. The highest BCUT2D eigenvalue weighted by Crippen LogP contribution is 2.34. The maximum absolute atomic E-state index is 13.5. The number of hydrogen-bond acceptors (Lipinski definition) is 3. The van der Waals surface area contributed by atoms with Gasteiger partial charge in [0.1, 0.15) is 11.6 Å². The lowest BCUT2D eigenvalue weighted by Crippen LogP contribution is -2.17. The number of aryl methyl sites for hydroxylation is 1. The van der Waals surface area contributed by atoms with Crippen LogP contribution in [0.25, 0.3) is 0 Å². The van der Waals surface area contributed by atoms with Crippen LogP contribution < -0.4 is 10.1 Å². The molecule has 1 unspecified atom stereocenters. The van der Waals surface area contributed by atoms with Crippen molar-refractivity contribution in [2.24, 2.45) is 0 Å². The molecule has 0 bridgehead atoms. The summed E-state index contributed by atoms with van der Waals surface area (Å²) >= 11 is 0. The van der Waals surface area contributed by atoms with Gasteiger partial charge in [-0.1, -0.05) is 6.07 Å². The van der Waals surface area contributed by atoms with Gasteiger partial charge in [0.15, 0.2) is 0 Å². The van der Waals surface area contributed by atoms with E-state index >= 15 is 0 Å². The number of aliphatic hydroxyl groups is 1. The van der Waals surface area contributed by atoms with Crippen LogP contribution in [-0.4, -0.2) is 12.2 Å². The number of nitrogens with one attached hydrogen (secondary N) is 1. The summed E-state index contributed by atoms with van der Waals surface area (Å²) in [6, 6.07) is 10.8. The fourth-order valence-electron chi connectivity index (χ4n) is 3.11. The number of ether oxygens (including phenoxy) is 1. The van der Waals surface area contributed by atoms with E-state index in [4.69, 9.17) is 4.74 Å². The van der Waals surface area contributed by atoms with Crippen molar-refractivity contribution < 1.29 is 14.2 Å². The summed E-state index contributed by atoms with van der Waals surface area (Å²) in [6.07, 6.45) is 3.05. The summed E-state index contributed by atoms with van der Waals surface area (Å²) in [7, 11) is 1.59. The van der Waals surface area contributed by atoms with Crippen molar-refractivity contribution in [1.29, 1.82) is 0 Å². The Morgan fingerprint density at radius 2 is 2.14 bits per heavy atom. The van der Waals surface area contributed by atoms with Crippen LogP contribution in [0.4, 0.5) is 10.1 Å². The smallest absolute Gasteiger partial charge is 0.124 e. The second-order valence-corrected chi connectivity index (χ2v) is 5.62. The minimum absolute atomic E-state index is 0.0748. The van der Waals surface area contributed by atoms with Crippen LogP contribution in [0.2, 0.25) is 0 Å². The Balaban J connectivity index is 1.87.